The van der Waals surface area contributed by atoms with Crippen LogP contribution in [0.1, 0.15) is 12.0 Å². The molecule has 0 unspecified atom stereocenters. The lowest BCUT2D eigenvalue weighted by Gasteiger charge is -2.08. The maximum atomic E-state index is 11.6. The van der Waals surface area contributed by atoms with Crippen LogP contribution >= 0.6 is 23.4 Å². The Morgan fingerprint density at radius 3 is 2.84 bits per heavy atom. The number of carbonyl (C=O) groups is 2. The third kappa shape index (κ3) is 7.66. The van der Waals surface area contributed by atoms with Gasteiger partial charge in [0.2, 0.25) is 0 Å². The van der Waals surface area contributed by atoms with Gasteiger partial charge in [-0.1, -0.05) is 23.7 Å². The van der Waals surface area contributed by atoms with Gasteiger partial charge >= 0.3 is 5.97 Å². The second kappa shape index (κ2) is 9.45. The third-order valence-corrected chi connectivity index (χ3v) is 7.11. The predicted octanol–water partition coefficient (Wildman–Crippen LogP) is 1.46. The van der Waals surface area contributed by atoms with Gasteiger partial charge in [-0.05, 0) is 30.5 Å². The summed E-state index contributed by atoms with van der Waals surface area (Å²) in [5.41, 5.74) is 1.01. The zero-order valence-corrected chi connectivity index (χ0v) is 16.0. The van der Waals surface area contributed by atoms with Crippen LogP contribution in [0.25, 0.3) is 0 Å². The summed E-state index contributed by atoms with van der Waals surface area (Å²) in [6, 6.07) is 7.36. The van der Waals surface area contributed by atoms with E-state index in [9.17, 15) is 18.0 Å². The molecule has 1 saturated heterocycles. The summed E-state index contributed by atoms with van der Waals surface area (Å²) < 4.78 is 27.6. The zero-order chi connectivity index (χ0) is 18.3. The van der Waals surface area contributed by atoms with Gasteiger partial charge in [0.15, 0.2) is 16.4 Å². The number of thioether (sulfide) groups is 1. The molecule has 1 heterocycles. The minimum Gasteiger partial charge on any atom is -0.455 e. The fourth-order valence-corrected chi connectivity index (χ4v) is 6.01. The van der Waals surface area contributed by atoms with Gasteiger partial charge in [0.05, 0.1) is 17.3 Å². The minimum absolute atomic E-state index is 0.0516. The zero-order valence-electron chi connectivity index (χ0n) is 13.6. The highest BCUT2D eigenvalue weighted by atomic mass is 35.5. The highest BCUT2D eigenvalue weighted by molar-refractivity contribution is 8.02. The molecule has 0 bridgehead atoms. The molecule has 2 rings (SSSR count). The average Bonchev–Trinajstić information content (AvgIpc) is 2.90. The van der Waals surface area contributed by atoms with Crippen LogP contribution in [0.2, 0.25) is 5.02 Å². The molecule has 0 saturated carbocycles. The minimum atomic E-state index is -2.95. The van der Waals surface area contributed by atoms with E-state index in [-0.39, 0.29) is 35.0 Å². The van der Waals surface area contributed by atoms with E-state index < -0.39 is 15.8 Å². The summed E-state index contributed by atoms with van der Waals surface area (Å²) in [5.74, 6) is -0.553. The quantitative estimate of drug-likeness (QED) is 0.658. The van der Waals surface area contributed by atoms with Gasteiger partial charge in [-0.25, -0.2) is 8.42 Å². The maximum absolute atomic E-state index is 11.6. The first-order valence-corrected chi connectivity index (χ1v) is 11.1. The van der Waals surface area contributed by atoms with Crippen LogP contribution in [0.3, 0.4) is 0 Å². The van der Waals surface area contributed by atoms with Crippen molar-refractivity contribution in [2.45, 2.75) is 18.1 Å². The Bertz CT molecular complexity index is 723. The van der Waals surface area contributed by atoms with Crippen molar-refractivity contribution in [3.05, 3.63) is 34.9 Å². The van der Waals surface area contributed by atoms with Crippen LogP contribution in [0, 0.1) is 0 Å². The number of halogens is 1. The Kier molecular flexibility index (Phi) is 7.58. The number of sulfone groups is 1. The Hall–Kier alpha value is -1.25. The van der Waals surface area contributed by atoms with Gasteiger partial charge in [0.1, 0.15) is 0 Å². The molecule has 1 aromatic carbocycles. The van der Waals surface area contributed by atoms with Gasteiger partial charge in [-0.3, -0.25) is 9.59 Å². The number of rotatable bonds is 8. The molecule has 1 aromatic rings. The van der Waals surface area contributed by atoms with Gasteiger partial charge in [0, 0.05) is 16.8 Å². The molecule has 1 aliphatic rings. The van der Waals surface area contributed by atoms with Gasteiger partial charge in [0.25, 0.3) is 5.91 Å². The summed E-state index contributed by atoms with van der Waals surface area (Å²) in [6.45, 7) is 0.0866. The van der Waals surface area contributed by atoms with Crippen LogP contribution in [0.15, 0.2) is 24.3 Å². The summed E-state index contributed by atoms with van der Waals surface area (Å²) >= 11 is 7.15. The number of benzene rings is 1. The highest BCUT2D eigenvalue weighted by Gasteiger charge is 2.28. The smallest absolute Gasteiger partial charge is 0.316 e. The fourth-order valence-electron chi connectivity index (χ4n) is 2.36. The highest BCUT2D eigenvalue weighted by Crippen LogP contribution is 2.24. The number of hydrogen-bond donors (Lipinski definition) is 1. The second-order valence-electron chi connectivity index (χ2n) is 5.73. The molecule has 1 amide bonds. The number of nitrogens with one attached hydrogen (secondary N) is 1. The number of esters is 1. The molecule has 0 aliphatic carbocycles. The normalized spacial score (nSPS) is 18.7. The molecule has 138 valence electrons. The summed E-state index contributed by atoms with van der Waals surface area (Å²) in [7, 11) is -2.95. The first kappa shape index (κ1) is 20.1. The van der Waals surface area contributed by atoms with E-state index in [0.717, 1.165) is 5.56 Å². The molecule has 25 heavy (non-hydrogen) atoms. The van der Waals surface area contributed by atoms with E-state index in [1.165, 1.54) is 11.8 Å². The maximum Gasteiger partial charge on any atom is 0.316 e. The van der Waals surface area contributed by atoms with Crippen molar-refractivity contribution in [2.75, 3.05) is 30.4 Å². The Morgan fingerprint density at radius 1 is 1.36 bits per heavy atom. The van der Waals surface area contributed by atoms with Crippen LogP contribution in [-0.2, 0) is 30.6 Å². The lowest BCUT2D eigenvalue weighted by molar-refractivity contribution is -0.145. The SMILES string of the molecule is O=C(COC(=O)CS[C@H]1CCS(=O)(=O)C1)NCCc1cccc(Cl)c1. The largest absolute Gasteiger partial charge is 0.455 e. The predicted molar refractivity (Wildman–Crippen MR) is 98.6 cm³/mol. The first-order valence-electron chi connectivity index (χ1n) is 7.83. The fraction of sp³-hybridized carbons (Fsp3) is 0.500. The van der Waals surface area contributed by atoms with Crippen molar-refractivity contribution >= 4 is 45.1 Å². The molecular weight excluding hydrogens is 386 g/mol. The Labute approximate surface area is 156 Å². The van der Waals surface area contributed by atoms with E-state index >= 15 is 0 Å². The molecule has 1 N–H and O–H groups in total. The number of ether oxygens (including phenoxy) is 1. The Balaban J connectivity index is 1.57. The van der Waals surface area contributed by atoms with Crippen molar-refractivity contribution in [3.8, 4) is 0 Å². The van der Waals surface area contributed by atoms with Crippen LogP contribution in [0.4, 0.5) is 0 Å². The number of hydrogen-bond acceptors (Lipinski definition) is 6. The molecule has 0 aromatic heterocycles. The average molecular weight is 406 g/mol. The van der Waals surface area contributed by atoms with Gasteiger partial charge in [-0.15, -0.1) is 11.8 Å². The lowest BCUT2D eigenvalue weighted by Crippen LogP contribution is -2.30. The van der Waals surface area contributed by atoms with E-state index in [2.05, 4.69) is 5.32 Å². The van der Waals surface area contributed by atoms with Crippen LogP contribution < -0.4 is 5.32 Å². The molecule has 1 atom stereocenters. The van der Waals surface area contributed by atoms with Crippen LogP contribution in [0.5, 0.6) is 0 Å². The summed E-state index contributed by atoms with van der Waals surface area (Å²) in [5, 5.41) is 3.25. The van der Waals surface area contributed by atoms with E-state index in [0.29, 0.717) is 24.4 Å². The topological polar surface area (TPSA) is 89.5 Å². The van der Waals surface area contributed by atoms with E-state index in [1.54, 1.807) is 6.07 Å². The molecule has 1 fully saturated rings. The van der Waals surface area contributed by atoms with Crippen molar-refractivity contribution in [1.82, 2.24) is 5.32 Å². The summed E-state index contributed by atoms with van der Waals surface area (Å²) in [6.07, 6.45) is 1.19. The molecule has 0 spiro atoms. The standard InChI is InChI=1S/C16H20ClNO5S2/c17-13-3-1-2-12(8-13)4-6-18-15(19)9-23-16(20)10-24-14-5-7-25(21,22)11-14/h1-3,8,14H,4-7,9-11H2,(H,18,19)/t14-/m0/s1. The van der Waals surface area contributed by atoms with Crippen LogP contribution in [-0.4, -0.2) is 56.0 Å². The molecule has 9 heteroatoms. The van der Waals surface area contributed by atoms with Crippen molar-refractivity contribution in [1.29, 1.82) is 0 Å². The van der Waals surface area contributed by atoms with Gasteiger partial charge < -0.3 is 10.1 Å². The summed E-state index contributed by atoms with van der Waals surface area (Å²) in [4.78, 5) is 23.3. The molecule has 1 aliphatic heterocycles. The lowest BCUT2D eigenvalue weighted by atomic mass is 10.1. The van der Waals surface area contributed by atoms with E-state index in [4.69, 9.17) is 16.3 Å². The van der Waals surface area contributed by atoms with Crippen molar-refractivity contribution in [2.24, 2.45) is 0 Å². The first-order chi connectivity index (χ1) is 11.8. The number of amides is 1. The van der Waals surface area contributed by atoms with Gasteiger partial charge in [-0.2, -0.15) is 0 Å². The molecular formula is C16H20ClNO5S2. The molecule has 0 radical (unpaired) electrons. The monoisotopic (exact) mass is 405 g/mol. The third-order valence-electron chi connectivity index (χ3n) is 3.62. The molecule has 6 nitrogen and oxygen atoms in total. The Morgan fingerprint density at radius 2 is 2.16 bits per heavy atom. The van der Waals surface area contributed by atoms with Crippen molar-refractivity contribution < 1.29 is 22.7 Å². The number of carbonyl (C=O) groups excluding carboxylic acids is 2. The second-order valence-corrected chi connectivity index (χ2v) is 9.68. The van der Waals surface area contributed by atoms with Crippen molar-refractivity contribution in [3.63, 3.8) is 0 Å². The van der Waals surface area contributed by atoms with E-state index in [1.807, 2.05) is 18.2 Å².